The number of hydrogen-bond donors (Lipinski definition) is 2. The predicted octanol–water partition coefficient (Wildman–Crippen LogP) is -0.729. The second-order valence-corrected chi connectivity index (χ2v) is 5.17. The number of ether oxygens (including phenoxy) is 2. The van der Waals surface area contributed by atoms with Crippen molar-refractivity contribution in [2.24, 2.45) is 0 Å². The van der Waals surface area contributed by atoms with Gasteiger partial charge in [-0.1, -0.05) is 0 Å². The van der Waals surface area contributed by atoms with E-state index in [-0.39, 0.29) is 11.3 Å². The molecule has 21 heavy (non-hydrogen) atoms. The summed E-state index contributed by atoms with van der Waals surface area (Å²) in [7, 11) is 1.42. The molecule has 0 aromatic heterocycles. The smallest absolute Gasteiger partial charge is 0.147 e. The van der Waals surface area contributed by atoms with Crippen LogP contribution < -0.4 is 15.8 Å². The Balaban J connectivity index is 0.000000304. The molecule has 0 radical (unpaired) electrons. The maximum atomic E-state index is 10.9. The van der Waals surface area contributed by atoms with Gasteiger partial charge < -0.3 is 25.1 Å². The van der Waals surface area contributed by atoms with Crippen LogP contribution in [0.2, 0.25) is 0 Å². The summed E-state index contributed by atoms with van der Waals surface area (Å²) in [6.07, 6.45) is 5.32. The highest BCUT2D eigenvalue weighted by atomic mass is 32.2. The summed E-state index contributed by atoms with van der Waals surface area (Å²) in [5, 5.41) is 2.27. The van der Waals surface area contributed by atoms with Crippen LogP contribution >= 0.6 is 0 Å². The highest BCUT2D eigenvalue weighted by molar-refractivity contribution is 7.79. The van der Waals surface area contributed by atoms with E-state index in [9.17, 15) is 8.76 Å². The van der Waals surface area contributed by atoms with Gasteiger partial charge in [0, 0.05) is 16.9 Å². The second kappa shape index (κ2) is 9.37. The summed E-state index contributed by atoms with van der Waals surface area (Å²) >= 11 is -2.34. The summed E-state index contributed by atoms with van der Waals surface area (Å²) in [5.41, 5.74) is 6.43. The van der Waals surface area contributed by atoms with E-state index in [1.54, 1.807) is 0 Å². The van der Waals surface area contributed by atoms with Crippen molar-refractivity contribution in [3.63, 3.8) is 0 Å². The van der Waals surface area contributed by atoms with E-state index in [0.29, 0.717) is 17.0 Å². The lowest BCUT2D eigenvalue weighted by molar-refractivity contribution is -0.670. The van der Waals surface area contributed by atoms with Crippen molar-refractivity contribution in [3.8, 4) is 18.1 Å². The molecule has 0 saturated carbocycles. The van der Waals surface area contributed by atoms with Crippen LogP contribution in [0.4, 0.5) is 5.69 Å². The average molecular weight is 312 g/mol. The lowest BCUT2D eigenvalue weighted by Crippen LogP contribution is -2.87. The van der Waals surface area contributed by atoms with Gasteiger partial charge in [0.05, 0.1) is 39.1 Å². The fraction of sp³-hybridized carbons (Fsp3) is 0.429. The third-order valence-electron chi connectivity index (χ3n) is 2.84. The molecule has 1 aromatic carbocycles. The van der Waals surface area contributed by atoms with Crippen LogP contribution in [0.5, 0.6) is 5.75 Å². The number of anilines is 1. The van der Waals surface area contributed by atoms with Crippen molar-refractivity contribution in [2.75, 3.05) is 39.1 Å². The zero-order chi connectivity index (χ0) is 15.7. The van der Waals surface area contributed by atoms with E-state index in [0.717, 1.165) is 26.3 Å². The quantitative estimate of drug-likeness (QED) is 0.435. The Hall–Kier alpha value is -1.59. The molecule has 1 heterocycles. The molecule has 1 aliphatic heterocycles. The number of rotatable bonds is 3. The van der Waals surface area contributed by atoms with Gasteiger partial charge in [0.15, 0.2) is 0 Å². The van der Waals surface area contributed by atoms with E-state index < -0.39 is 11.1 Å². The number of methoxy groups -OCH3 is 1. The molecule has 0 amide bonds. The van der Waals surface area contributed by atoms with Crippen molar-refractivity contribution in [1.29, 1.82) is 0 Å². The number of morpholine rings is 1. The van der Waals surface area contributed by atoms with Gasteiger partial charge >= 0.3 is 0 Å². The summed E-state index contributed by atoms with van der Waals surface area (Å²) < 4.78 is 31.9. The topological polar surface area (TPSA) is 101 Å². The Kier molecular flexibility index (Phi) is 7.79. The first-order valence-corrected chi connectivity index (χ1v) is 7.56. The minimum atomic E-state index is -2.34. The fourth-order valence-electron chi connectivity index (χ4n) is 1.87. The number of hydrogen-bond acceptors (Lipinski definition) is 5. The maximum Gasteiger partial charge on any atom is 0.147 e. The molecule has 6 nitrogen and oxygen atoms in total. The molecule has 1 atom stereocenters. The molecule has 116 valence electrons. The highest BCUT2D eigenvalue weighted by Gasteiger charge is 2.11. The monoisotopic (exact) mass is 312 g/mol. The summed E-state index contributed by atoms with van der Waals surface area (Å²) in [6, 6.07) is 2.89. The van der Waals surface area contributed by atoms with Crippen LogP contribution in [0, 0.1) is 12.3 Å². The largest absolute Gasteiger partial charge is 0.768 e. The van der Waals surface area contributed by atoms with Crippen LogP contribution in [0.25, 0.3) is 0 Å². The number of terminal acetylenes is 1. The van der Waals surface area contributed by atoms with E-state index in [2.05, 4.69) is 11.2 Å². The fourth-order valence-corrected chi connectivity index (χ4v) is 2.42. The van der Waals surface area contributed by atoms with Gasteiger partial charge in [0.1, 0.15) is 5.75 Å². The van der Waals surface area contributed by atoms with Crippen molar-refractivity contribution in [3.05, 3.63) is 17.7 Å². The Morgan fingerprint density at radius 3 is 2.57 bits per heavy atom. The predicted molar refractivity (Wildman–Crippen MR) is 79.6 cm³/mol. The Morgan fingerprint density at radius 2 is 2.19 bits per heavy atom. The minimum absolute atomic E-state index is 0.124. The molecule has 1 saturated heterocycles. The highest BCUT2D eigenvalue weighted by Crippen LogP contribution is 2.31. The minimum Gasteiger partial charge on any atom is -0.768 e. The molecule has 1 unspecified atom stereocenters. The third-order valence-corrected chi connectivity index (χ3v) is 3.58. The average Bonchev–Trinajstić information content (AvgIpc) is 2.50. The maximum absolute atomic E-state index is 10.9. The Morgan fingerprint density at radius 1 is 1.52 bits per heavy atom. The van der Waals surface area contributed by atoms with Crippen LogP contribution in [0.3, 0.4) is 0 Å². The number of nitrogens with two attached hydrogens (primary N) is 2. The van der Waals surface area contributed by atoms with Gasteiger partial charge in [-0.2, -0.15) is 0 Å². The molecule has 1 fully saturated rings. The molecule has 0 bridgehead atoms. The first kappa shape index (κ1) is 17.5. The molecule has 7 heteroatoms. The lowest BCUT2D eigenvalue weighted by Gasteiger charge is -2.15. The van der Waals surface area contributed by atoms with Gasteiger partial charge in [0.2, 0.25) is 0 Å². The zero-order valence-corrected chi connectivity index (χ0v) is 12.8. The van der Waals surface area contributed by atoms with Gasteiger partial charge in [-0.15, -0.1) is 12.3 Å². The van der Waals surface area contributed by atoms with Crippen LogP contribution in [0.1, 0.15) is 5.56 Å². The van der Waals surface area contributed by atoms with Gasteiger partial charge in [-0.05, 0) is 23.2 Å². The number of quaternary nitrogens is 1. The summed E-state index contributed by atoms with van der Waals surface area (Å²) in [4.78, 5) is 0.124. The molecule has 0 spiro atoms. The molecule has 1 aromatic rings. The van der Waals surface area contributed by atoms with E-state index in [4.69, 9.17) is 21.6 Å². The second-order valence-electron chi connectivity index (χ2n) is 4.26. The third kappa shape index (κ3) is 5.36. The molecule has 1 aliphatic rings. The normalized spacial score (nSPS) is 15.3. The Labute approximate surface area is 127 Å². The standard InChI is InChI=1S/C10H11NO3S.C4H9NO/c1-3-4-7-9(15(12)13)6-5-8(11)10(7)14-2;1-3-6-4-2-5-1/h1,5-6H,4,11H2,2H3,(H,12,13);5H,1-4H2. The SMILES string of the molecule is C#CCc1c(S(=O)[O-])ccc(N)c1OC.C1COCC[NH2+]1. The van der Waals surface area contributed by atoms with Crippen LogP contribution in [-0.4, -0.2) is 42.2 Å². The zero-order valence-electron chi connectivity index (χ0n) is 12.0. The van der Waals surface area contributed by atoms with Gasteiger partial charge in [-0.25, -0.2) is 0 Å². The van der Waals surface area contributed by atoms with E-state index in [1.165, 1.54) is 19.2 Å². The molecule has 4 N–H and O–H groups in total. The lowest BCUT2D eigenvalue weighted by atomic mass is 10.1. The van der Waals surface area contributed by atoms with Crippen molar-refractivity contribution in [2.45, 2.75) is 11.3 Å². The molecular formula is C14H20N2O4S. The van der Waals surface area contributed by atoms with Crippen molar-refractivity contribution >= 4 is 16.8 Å². The molecule has 2 rings (SSSR count). The van der Waals surface area contributed by atoms with Gasteiger partial charge in [-0.3, -0.25) is 4.21 Å². The van der Waals surface area contributed by atoms with Gasteiger partial charge in [0.25, 0.3) is 0 Å². The number of benzene rings is 1. The number of nitrogen functional groups attached to an aromatic ring is 1. The first-order chi connectivity index (χ1) is 10.1. The summed E-state index contributed by atoms with van der Waals surface area (Å²) in [6.45, 7) is 4.19. The van der Waals surface area contributed by atoms with Crippen molar-refractivity contribution in [1.82, 2.24) is 0 Å². The molecular weight excluding hydrogens is 292 g/mol. The van der Waals surface area contributed by atoms with Crippen LogP contribution in [-0.2, 0) is 22.2 Å². The van der Waals surface area contributed by atoms with E-state index >= 15 is 0 Å². The summed E-state index contributed by atoms with van der Waals surface area (Å²) in [5.74, 6) is 2.70. The first-order valence-electron chi connectivity index (χ1n) is 6.49. The van der Waals surface area contributed by atoms with Crippen molar-refractivity contribution < 1.29 is 23.6 Å². The van der Waals surface area contributed by atoms with Crippen LogP contribution in [0.15, 0.2) is 17.0 Å². The molecule has 0 aliphatic carbocycles. The van der Waals surface area contributed by atoms with E-state index in [1.807, 2.05) is 0 Å². The Bertz CT molecular complexity index is 513.